The number of hydrogen-bond donors (Lipinski definition) is 1. The van der Waals surface area contributed by atoms with Crippen LogP contribution >= 0.6 is 0 Å². The van der Waals surface area contributed by atoms with Crippen molar-refractivity contribution in [2.24, 2.45) is 10.9 Å². The van der Waals surface area contributed by atoms with Gasteiger partial charge in [0.05, 0.1) is 33.9 Å². The number of methoxy groups -OCH3 is 3. The first-order valence-electron chi connectivity index (χ1n) is 9.49. The van der Waals surface area contributed by atoms with Gasteiger partial charge in [0.2, 0.25) is 5.75 Å². The summed E-state index contributed by atoms with van der Waals surface area (Å²) in [5.41, 5.74) is 0.967. The Morgan fingerprint density at radius 2 is 1.89 bits per heavy atom. The minimum absolute atomic E-state index is 0.117. The van der Waals surface area contributed by atoms with Crippen molar-refractivity contribution in [3.8, 4) is 17.2 Å². The molecular weight excluding hydrogens is 362 g/mol. The number of piperidine rings is 1. The van der Waals surface area contributed by atoms with Crippen LogP contribution in [0.3, 0.4) is 0 Å². The molecule has 0 radical (unpaired) electrons. The molecule has 156 valence electrons. The smallest absolute Gasteiger partial charge is 0.310 e. The number of aliphatic imine (C=N–C) groups is 1. The van der Waals surface area contributed by atoms with Gasteiger partial charge in [-0.2, -0.15) is 0 Å². The van der Waals surface area contributed by atoms with Crippen molar-refractivity contribution >= 4 is 11.9 Å². The Bertz CT molecular complexity index is 667. The summed E-state index contributed by atoms with van der Waals surface area (Å²) in [7, 11) is 6.51. The van der Waals surface area contributed by atoms with Crippen molar-refractivity contribution in [3.63, 3.8) is 0 Å². The number of carbonyl (C=O) groups excluding carboxylic acids is 1. The van der Waals surface area contributed by atoms with Gasteiger partial charge in [-0.3, -0.25) is 9.79 Å². The molecule has 0 bridgehead atoms. The van der Waals surface area contributed by atoms with Crippen molar-refractivity contribution < 1.29 is 23.7 Å². The molecule has 1 aliphatic rings. The summed E-state index contributed by atoms with van der Waals surface area (Å²) in [6.45, 7) is 4.22. The lowest BCUT2D eigenvalue weighted by Crippen LogP contribution is -2.48. The number of hydrogen-bond acceptors (Lipinski definition) is 6. The van der Waals surface area contributed by atoms with Crippen LogP contribution in [0.25, 0.3) is 0 Å². The van der Waals surface area contributed by atoms with Crippen LogP contribution in [0.5, 0.6) is 17.2 Å². The van der Waals surface area contributed by atoms with E-state index in [-0.39, 0.29) is 11.9 Å². The zero-order chi connectivity index (χ0) is 20.5. The average molecular weight is 393 g/mol. The third kappa shape index (κ3) is 5.21. The summed E-state index contributed by atoms with van der Waals surface area (Å²) in [5.74, 6) is 2.28. The van der Waals surface area contributed by atoms with Crippen LogP contribution in [0.4, 0.5) is 0 Å². The molecule has 1 aliphatic heterocycles. The largest absolute Gasteiger partial charge is 0.493 e. The van der Waals surface area contributed by atoms with Gasteiger partial charge in [0.1, 0.15) is 0 Å². The molecule has 1 atom stereocenters. The summed E-state index contributed by atoms with van der Waals surface area (Å²) in [6, 6.07) is 3.80. The Kier molecular flexibility index (Phi) is 8.22. The first kappa shape index (κ1) is 21.7. The number of likely N-dealkylation sites (tertiary alicyclic amines) is 1. The molecule has 28 heavy (non-hydrogen) atoms. The summed E-state index contributed by atoms with van der Waals surface area (Å²) in [4.78, 5) is 18.6. The van der Waals surface area contributed by atoms with Crippen LogP contribution < -0.4 is 19.5 Å². The lowest BCUT2D eigenvalue weighted by atomic mass is 9.98. The van der Waals surface area contributed by atoms with Gasteiger partial charge in [-0.15, -0.1) is 0 Å². The molecule has 1 saturated heterocycles. The monoisotopic (exact) mass is 393 g/mol. The highest BCUT2D eigenvalue weighted by Gasteiger charge is 2.28. The molecule has 8 heteroatoms. The molecule has 8 nitrogen and oxygen atoms in total. The fraction of sp³-hybridized carbons (Fsp3) is 0.600. The van der Waals surface area contributed by atoms with Crippen molar-refractivity contribution in [2.75, 3.05) is 48.1 Å². The van der Waals surface area contributed by atoms with E-state index in [9.17, 15) is 4.79 Å². The molecule has 0 spiro atoms. The first-order valence-corrected chi connectivity index (χ1v) is 9.49. The van der Waals surface area contributed by atoms with Crippen LogP contribution in [0.1, 0.15) is 25.3 Å². The number of ether oxygens (including phenoxy) is 4. The van der Waals surface area contributed by atoms with Crippen LogP contribution in [-0.2, 0) is 16.1 Å². The van der Waals surface area contributed by atoms with E-state index in [1.54, 1.807) is 28.4 Å². The number of nitrogens with zero attached hydrogens (tertiary/aromatic N) is 2. The van der Waals surface area contributed by atoms with E-state index >= 15 is 0 Å². The average Bonchev–Trinajstić information content (AvgIpc) is 2.73. The molecule has 0 saturated carbocycles. The zero-order valence-corrected chi connectivity index (χ0v) is 17.4. The molecule has 1 aromatic rings. The van der Waals surface area contributed by atoms with E-state index in [4.69, 9.17) is 18.9 Å². The topological polar surface area (TPSA) is 81.6 Å². The summed E-state index contributed by atoms with van der Waals surface area (Å²) in [5, 5.41) is 3.36. The fourth-order valence-corrected chi connectivity index (χ4v) is 3.37. The molecule has 1 heterocycles. The quantitative estimate of drug-likeness (QED) is 0.431. The lowest BCUT2D eigenvalue weighted by molar-refractivity contribution is -0.149. The third-order valence-electron chi connectivity index (χ3n) is 4.73. The van der Waals surface area contributed by atoms with E-state index in [2.05, 4.69) is 15.2 Å². The Labute approximate surface area is 166 Å². The van der Waals surface area contributed by atoms with Crippen LogP contribution in [0.15, 0.2) is 17.1 Å². The molecule has 1 fully saturated rings. The number of rotatable bonds is 7. The molecule has 0 aliphatic carbocycles. The lowest BCUT2D eigenvalue weighted by Gasteiger charge is -2.34. The molecule has 2 rings (SSSR count). The van der Waals surface area contributed by atoms with Crippen molar-refractivity contribution in [1.29, 1.82) is 0 Å². The van der Waals surface area contributed by atoms with Crippen LogP contribution in [0, 0.1) is 5.92 Å². The first-order chi connectivity index (χ1) is 13.6. The fourth-order valence-electron chi connectivity index (χ4n) is 3.37. The van der Waals surface area contributed by atoms with E-state index in [0.717, 1.165) is 30.9 Å². The zero-order valence-electron chi connectivity index (χ0n) is 17.4. The number of carbonyl (C=O) groups is 1. The molecular formula is C20H31N3O5. The Morgan fingerprint density at radius 3 is 2.43 bits per heavy atom. The van der Waals surface area contributed by atoms with Gasteiger partial charge in [-0.25, -0.2) is 0 Å². The van der Waals surface area contributed by atoms with E-state index < -0.39 is 0 Å². The van der Waals surface area contributed by atoms with Crippen LogP contribution in [-0.4, -0.2) is 64.9 Å². The van der Waals surface area contributed by atoms with Crippen molar-refractivity contribution in [1.82, 2.24) is 10.2 Å². The second-order valence-corrected chi connectivity index (χ2v) is 6.47. The number of guanidine groups is 1. The van der Waals surface area contributed by atoms with Gasteiger partial charge in [0, 0.05) is 26.7 Å². The minimum atomic E-state index is -0.132. The van der Waals surface area contributed by atoms with Gasteiger partial charge in [-0.1, -0.05) is 0 Å². The molecule has 0 amide bonds. The second-order valence-electron chi connectivity index (χ2n) is 6.47. The summed E-state index contributed by atoms with van der Waals surface area (Å²) in [6.07, 6.45) is 1.77. The SMILES string of the molecule is CCOC(=O)C1CCCN(C(=NC)NCc2cc(OC)c(OC)c(OC)c2)C1. The highest BCUT2D eigenvalue weighted by atomic mass is 16.5. The summed E-state index contributed by atoms with van der Waals surface area (Å²) >= 11 is 0. The molecule has 0 aromatic heterocycles. The molecule has 1 aromatic carbocycles. The predicted molar refractivity (Wildman–Crippen MR) is 107 cm³/mol. The van der Waals surface area contributed by atoms with Gasteiger partial charge in [0.15, 0.2) is 17.5 Å². The van der Waals surface area contributed by atoms with Crippen molar-refractivity contribution in [3.05, 3.63) is 17.7 Å². The van der Waals surface area contributed by atoms with E-state index in [1.807, 2.05) is 19.1 Å². The number of esters is 1. The van der Waals surface area contributed by atoms with Crippen molar-refractivity contribution in [2.45, 2.75) is 26.3 Å². The minimum Gasteiger partial charge on any atom is -0.493 e. The molecule has 1 N–H and O–H groups in total. The Morgan fingerprint density at radius 1 is 1.21 bits per heavy atom. The van der Waals surface area contributed by atoms with Gasteiger partial charge in [0.25, 0.3) is 0 Å². The maximum Gasteiger partial charge on any atom is 0.310 e. The standard InChI is InChI=1S/C20H31N3O5/c1-6-28-19(24)15-8-7-9-23(13-15)20(21-2)22-12-14-10-16(25-3)18(27-5)17(11-14)26-4/h10-11,15H,6-9,12-13H2,1-5H3,(H,21,22). The summed E-state index contributed by atoms with van der Waals surface area (Å²) < 4.78 is 21.4. The maximum absolute atomic E-state index is 12.1. The molecule has 1 unspecified atom stereocenters. The van der Waals surface area contributed by atoms with Crippen LogP contribution in [0.2, 0.25) is 0 Å². The maximum atomic E-state index is 12.1. The highest BCUT2D eigenvalue weighted by Crippen LogP contribution is 2.38. The Hall–Kier alpha value is -2.64. The highest BCUT2D eigenvalue weighted by molar-refractivity contribution is 5.81. The third-order valence-corrected chi connectivity index (χ3v) is 4.73. The van der Waals surface area contributed by atoms with Gasteiger partial charge >= 0.3 is 5.97 Å². The van der Waals surface area contributed by atoms with Gasteiger partial charge < -0.3 is 29.2 Å². The Balaban J connectivity index is 2.07. The second kappa shape index (κ2) is 10.6. The van der Waals surface area contributed by atoms with E-state index in [1.165, 1.54) is 0 Å². The van der Waals surface area contributed by atoms with Gasteiger partial charge in [-0.05, 0) is 37.5 Å². The number of benzene rings is 1. The van der Waals surface area contributed by atoms with E-state index in [0.29, 0.717) is 36.9 Å². The normalized spacial score (nSPS) is 17.1. The number of nitrogens with one attached hydrogen (secondary N) is 1. The predicted octanol–water partition coefficient (Wildman–Crippen LogP) is 2.06.